The number of nitrogens with zero attached hydrogens (tertiary/aromatic N) is 1. The van der Waals surface area contributed by atoms with Crippen LogP contribution in [0.1, 0.15) is 6.92 Å². The first-order valence-corrected chi connectivity index (χ1v) is 6.70. The van der Waals surface area contributed by atoms with Crippen molar-refractivity contribution in [2.75, 3.05) is 11.4 Å². The van der Waals surface area contributed by atoms with E-state index in [2.05, 4.69) is 0 Å². The van der Waals surface area contributed by atoms with E-state index in [9.17, 15) is 18.3 Å². The van der Waals surface area contributed by atoms with Crippen LogP contribution in [0.25, 0.3) is 0 Å². The Morgan fingerprint density at radius 2 is 1.88 bits per heavy atom. The van der Waals surface area contributed by atoms with Crippen molar-refractivity contribution in [2.24, 2.45) is 0 Å². The minimum atomic E-state index is -3.78. The molecule has 0 saturated heterocycles. The second-order valence-corrected chi connectivity index (χ2v) is 5.51. The number of rotatable bonds is 3. The van der Waals surface area contributed by atoms with Crippen molar-refractivity contribution in [3.8, 4) is 0 Å². The summed E-state index contributed by atoms with van der Waals surface area (Å²) >= 11 is 0. The number of halogens is 1. The molecule has 1 rings (SSSR count). The highest BCUT2D eigenvalue weighted by atomic mass is 35.7. The molecule has 0 aliphatic carbocycles. The van der Waals surface area contributed by atoms with Gasteiger partial charge in [0.1, 0.15) is 6.09 Å². The number of carbonyl (C=O) groups is 1. The lowest BCUT2D eigenvalue weighted by atomic mass is 10.3. The third kappa shape index (κ3) is 2.86. The maximum Gasteiger partial charge on any atom is 0.261 e. The summed E-state index contributed by atoms with van der Waals surface area (Å²) in [6.07, 6.45) is -1.34. The fraction of sp³-hybridized carbons (Fsp3) is 0.222. The smallest absolute Gasteiger partial charge is 0.261 e. The first-order chi connectivity index (χ1) is 7.36. The van der Waals surface area contributed by atoms with Gasteiger partial charge in [-0.3, -0.25) is 0 Å². The van der Waals surface area contributed by atoms with Crippen molar-refractivity contribution in [3.05, 3.63) is 24.3 Å². The van der Waals surface area contributed by atoms with Gasteiger partial charge in [-0.15, -0.1) is 0 Å². The van der Waals surface area contributed by atoms with E-state index >= 15 is 0 Å². The molecule has 0 spiro atoms. The minimum Gasteiger partial charge on any atom is -0.530 e. The number of anilines is 1. The van der Waals surface area contributed by atoms with Gasteiger partial charge in [0, 0.05) is 22.9 Å². The van der Waals surface area contributed by atoms with Crippen molar-refractivity contribution < 1.29 is 18.3 Å². The van der Waals surface area contributed by atoms with Gasteiger partial charge in [0.2, 0.25) is 0 Å². The summed E-state index contributed by atoms with van der Waals surface area (Å²) in [5, 5.41) is 10.7. The normalized spacial score (nSPS) is 11.1. The molecule has 1 aromatic rings. The van der Waals surface area contributed by atoms with Gasteiger partial charge in [0.05, 0.1) is 4.90 Å². The van der Waals surface area contributed by atoms with Crippen LogP contribution in [0.3, 0.4) is 0 Å². The van der Waals surface area contributed by atoms with E-state index < -0.39 is 15.1 Å². The van der Waals surface area contributed by atoms with Crippen molar-refractivity contribution in [2.45, 2.75) is 11.8 Å². The molecule has 0 radical (unpaired) electrons. The van der Waals surface area contributed by atoms with Crippen LogP contribution in [0.4, 0.5) is 10.5 Å². The number of carboxylic acid groups (broad SMARTS) is 1. The van der Waals surface area contributed by atoms with Crippen molar-refractivity contribution in [1.29, 1.82) is 0 Å². The fourth-order valence-electron chi connectivity index (χ4n) is 1.21. The average molecular weight is 263 g/mol. The monoisotopic (exact) mass is 262 g/mol. The van der Waals surface area contributed by atoms with Crippen LogP contribution >= 0.6 is 10.7 Å². The Bertz CT molecular complexity index is 483. The van der Waals surface area contributed by atoms with Crippen molar-refractivity contribution in [1.82, 2.24) is 0 Å². The van der Waals surface area contributed by atoms with Crippen LogP contribution in [0, 0.1) is 0 Å². The molecule has 0 atom stereocenters. The van der Waals surface area contributed by atoms with Crippen LogP contribution < -0.4 is 10.0 Å². The first-order valence-electron chi connectivity index (χ1n) is 4.39. The summed E-state index contributed by atoms with van der Waals surface area (Å²) < 4.78 is 21.9. The Balaban J connectivity index is 3.08. The van der Waals surface area contributed by atoms with Crippen LogP contribution in [-0.2, 0) is 9.05 Å². The van der Waals surface area contributed by atoms with Gasteiger partial charge < -0.3 is 14.8 Å². The third-order valence-electron chi connectivity index (χ3n) is 1.97. The Hall–Kier alpha value is -1.27. The molecule has 0 saturated carbocycles. The Morgan fingerprint density at radius 3 is 2.19 bits per heavy atom. The maximum atomic E-state index is 10.9. The molecule has 0 aliphatic rings. The average Bonchev–Trinajstić information content (AvgIpc) is 2.17. The molecular formula is C9H9ClNO4S-. The molecule has 0 aromatic heterocycles. The van der Waals surface area contributed by atoms with Gasteiger partial charge >= 0.3 is 0 Å². The highest BCUT2D eigenvalue weighted by Crippen LogP contribution is 2.20. The van der Waals surface area contributed by atoms with E-state index in [1.807, 2.05) is 0 Å². The molecule has 0 fully saturated rings. The molecule has 0 N–H and O–H groups in total. The second-order valence-electron chi connectivity index (χ2n) is 2.94. The zero-order valence-corrected chi connectivity index (χ0v) is 9.96. The first kappa shape index (κ1) is 12.8. The molecule has 5 nitrogen and oxygen atoms in total. The molecule has 0 heterocycles. The van der Waals surface area contributed by atoms with Gasteiger partial charge in [-0.25, -0.2) is 8.42 Å². The number of hydrogen-bond acceptors (Lipinski definition) is 4. The standard InChI is InChI=1S/C9H10ClNO4S/c1-2-11(9(12)13)7-3-5-8(6-4-7)16(10,14)15/h3-6H,2H2,1H3,(H,12,13)/p-1. The summed E-state index contributed by atoms with van der Waals surface area (Å²) in [6.45, 7) is 1.86. The predicted octanol–water partition coefficient (Wildman–Crippen LogP) is 0.784. The van der Waals surface area contributed by atoms with Gasteiger partial charge in [-0.1, -0.05) is 0 Å². The topological polar surface area (TPSA) is 77.5 Å². The molecule has 1 amide bonds. The number of hydrogen-bond donors (Lipinski definition) is 0. The zero-order chi connectivity index (χ0) is 12.3. The molecule has 1 aromatic carbocycles. The second kappa shape index (κ2) is 4.71. The minimum absolute atomic E-state index is 0.0766. The molecule has 16 heavy (non-hydrogen) atoms. The van der Waals surface area contributed by atoms with Crippen LogP contribution in [0.5, 0.6) is 0 Å². The number of carbonyl (C=O) groups excluding carboxylic acids is 1. The quantitative estimate of drug-likeness (QED) is 0.755. The Labute approximate surface area is 97.7 Å². The number of amides is 1. The fourth-order valence-corrected chi connectivity index (χ4v) is 1.98. The van der Waals surface area contributed by atoms with Gasteiger partial charge in [-0.2, -0.15) is 0 Å². The summed E-state index contributed by atoms with van der Waals surface area (Å²) in [4.78, 5) is 11.6. The molecule has 0 aliphatic heterocycles. The van der Waals surface area contributed by atoms with Gasteiger partial charge in [0.25, 0.3) is 9.05 Å². The lowest BCUT2D eigenvalue weighted by molar-refractivity contribution is -0.246. The van der Waals surface area contributed by atoms with Crippen molar-refractivity contribution in [3.63, 3.8) is 0 Å². The predicted molar refractivity (Wildman–Crippen MR) is 57.9 cm³/mol. The Morgan fingerprint density at radius 1 is 1.38 bits per heavy atom. The Kier molecular flexibility index (Phi) is 3.77. The van der Waals surface area contributed by atoms with Crippen molar-refractivity contribution >= 4 is 31.5 Å². The van der Waals surface area contributed by atoms with E-state index in [4.69, 9.17) is 10.7 Å². The highest BCUT2D eigenvalue weighted by molar-refractivity contribution is 8.13. The summed E-state index contributed by atoms with van der Waals surface area (Å²) in [7, 11) is 1.34. The molecular weight excluding hydrogens is 254 g/mol. The summed E-state index contributed by atoms with van der Waals surface area (Å²) in [5.41, 5.74) is 0.339. The lowest BCUT2D eigenvalue weighted by Gasteiger charge is -2.23. The third-order valence-corrected chi connectivity index (χ3v) is 3.34. The van der Waals surface area contributed by atoms with Crippen LogP contribution in [-0.4, -0.2) is 21.1 Å². The van der Waals surface area contributed by atoms with Gasteiger partial charge in [0.15, 0.2) is 0 Å². The zero-order valence-electron chi connectivity index (χ0n) is 8.38. The van der Waals surface area contributed by atoms with E-state index in [0.29, 0.717) is 5.69 Å². The highest BCUT2D eigenvalue weighted by Gasteiger charge is 2.11. The molecule has 88 valence electrons. The summed E-state index contributed by atoms with van der Waals surface area (Å²) in [5.74, 6) is 0. The largest absolute Gasteiger partial charge is 0.530 e. The maximum absolute atomic E-state index is 10.9. The number of benzene rings is 1. The van der Waals surface area contributed by atoms with Crippen LogP contribution in [0.2, 0.25) is 0 Å². The molecule has 0 unspecified atom stereocenters. The molecule has 0 bridgehead atoms. The van der Waals surface area contributed by atoms with E-state index in [1.54, 1.807) is 6.92 Å². The van der Waals surface area contributed by atoms with Gasteiger partial charge in [-0.05, 0) is 31.2 Å². The molecule has 7 heteroatoms. The lowest BCUT2D eigenvalue weighted by Crippen LogP contribution is -2.41. The van der Waals surface area contributed by atoms with E-state index in [-0.39, 0.29) is 11.4 Å². The van der Waals surface area contributed by atoms with E-state index in [1.165, 1.54) is 24.3 Å². The van der Waals surface area contributed by atoms with Crippen LogP contribution in [0.15, 0.2) is 29.2 Å². The summed E-state index contributed by atoms with van der Waals surface area (Å²) in [6, 6.07) is 5.19. The van der Waals surface area contributed by atoms with E-state index in [0.717, 1.165) is 4.90 Å². The SMILES string of the molecule is CCN(C(=O)[O-])c1ccc(S(=O)(=O)Cl)cc1.